The van der Waals surface area contributed by atoms with Gasteiger partial charge in [-0.25, -0.2) is 4.68 Å². The largest absolute Gasteiger partial charge is 0.348 e. The molecule has 27 heavy (non-hydrogen) atoms. The minimum atomic E-state index is -0.317. The monoisotopic (exact) mass is 358 g/mol. The molecule has 2 aromatic carbocycles. The summed E-state index contributed by atoms with van der Waals surface area (Å²) in [7, 11) is 3.73. The van der Waals surface area contributed by atoms with Crippen molar-refractivity contribution in [1.82, 2.24) is 19.9 Å². The second-order valence-electron chi connectivity index (χ2n) is 6.57. The Balaban J connectivity index is 1.61. The van der Waals surface area contributed by atoms with Crippen LogP contribution in [-0.2, 0) is 6.54 Å². The highest BCUT2D eigenvalue weighted by molar-refractivity contribution is 6.01. The highest BCUT2D eigenvalue weighted by atomic mass is 16.2. The third-order valence-electron chi connectivity index (χ3n) is 4.82. The maximum atomic E-state index is 12.7. The molecule has 0 bridgehead atoms. The Labute approximate surface area is 157 Å². The van der Waals surface area contributed by atoms with Gasteiger partial charge in [0.05, 0.1) is 35.6 Å². The van der Waals surface area contributed by atoms with Crippen LogP contribution in [0, 0.1) is 11.3 Å². The van der Waals surface area contributed by atoms with E-state index in [-0.39, 0.29) is 12.1 Å². The fraction of sp³-hybridized carbons (Fsp3) is 0.200. The van der Waals surface area contributed by atoms with Crippen molar-refractivity contribution in [3.63, 3.8) is 0 Å². The summed E-state index contributed by atoms with van der Waals surface area (Å²) in [6.07, 6.45) is 1.54. The molecule has 0 spiro atoms. The van der Waals surface area contributed by atoms with Crippen LogP contribution in [0.5, 0.6) is 0 Å². The minimum absolute atomic E-state index is 0.0321. The third-order valence-corrected chi connectivity index (χ3v) is 4.82. The lowest BCUT2D eigenvalue weighted by molar-refractivity contribution is 0.0707. The van der Waals surface area contributed by atoms with Crippen molar-refractivity contribution in [2.75, 3.05) is 19.0 Å². The van der Waals surface area contributed by atoms with Gasteiger partial charge in [0.2, 0.25) is 0 Å². The zero-order valence-corrected chi connectivity index (χ0v) is 15.1. The van der Waals surface area contributed by atoms with E-state index in [9.17, 15) is 4.79 Å². The van der Waals surface area contributed by atoms with Gasteiger partial charge in [0, 0.05) is 14.1 Å². The molecular formula is C20H18N6O. The number of fused-ring (bicyclic) bond motifs is 1. The van der Waals surface area contributed by atoms with Gasteiger partial charge >= 0.3 is 0 Å². The van der Waals surface area contributed by atoms with Gasteiger partial charge in [0.1, 0.15) is 5.69 Å². The summed E-state index contributed by atoms with van der Waals surface area (Å²) < 4.78 is 1.74. The van der Waals surface area contributed by atoms with E-state index in [1.54, 1.807) is 28.8 Å². The summed E-state index contributed by atoms with van der Waals surface area (Å²) in [6, 6.07) is 17.0. The first-order valence-electron chi connectivity index (χ1n) is 8.56. The Morgan fingerprint density at radius 1 is 1.07 bits per heavy atom. The predicted molar refractivity (Wildman–Crippen MR) is 100.0 cm³/mol. The highest BCUT2D eigenvalue weighted by Gasteiger charge is 2.35. The van der Waals surface area contributed by atoms with Crippen LogP contribution >= 0.6 is 0 Å². The maximum Gasteiger partial charge on any atom is 0.257 e. The molecule has 4 rings (SSSR count). The van der Waals surface area contributed by atoms with Crippen molar-refractivity contribution >= 4 is 11.6 Å². The number of carbonyl (C=O) groups is 1. The number of nitriles is 1. The lowest BCUT2D eigenvalue weighted by Crippen LogP contribution is -2.45. The van der Waals surface area contributed by atoms with Crippen molar-refractivity contribution in [2.45, 2.75) is 12.7 Å². The summed E-state index contributed by atoms with van der Waals surface area (Å²) in [6.45, 7) is 0.545. The molecule has 3 aromatic rings. The van der Waals surface area contributed by atoms with Crippen LogP contribution in [-0.4, -0.2) is 39.9 Å². The van der Waals surface area contributed by atoms with Crippen LogP contribution in [0.3, 0.4) is 0 Å². The summed E-state index contributed by atoms with van der Waals surface area (Å²) >= 11 is 0. The lowest BCUT2D eigenvalue weighted by atomic mass is 10.1. The molecular weight excluding hydrogens is 340 g/mol. The number of rotatable bonds is 3. The van der Waals surface area contributed by atoms with Gasteiger partial charge in [-0.3, -0.25) is 4.79 Å². The fourth-order valence-corrected chi connectivity index (χ4v) is 3.43. The average Bonchev–Trinajstić information content (AvgIpc) is 3.15. The Bertz CT molecular complexity index is 1030. The van der Waals surface area contributed by atoms with Crippen LogP contribution in [0.15, 0.2) is 54.7 Å². The minimum Gasteiger partial charge on any atom is -0.348 e. The molecule has 134 valence electrons. The van der Waals surface area contributed by atoms with Crippen molar-refractivity contribution in [1.29, 1.82) is 5.26 Å². The van der Waals surface area contributed by atoms with Crippen LogP contribution in [0.1, 0.15) is 33.3 Å². The van der Waals surface area contributed by atoms with E-state index < -0.39 is 0 Å². The Morgan fingerprint density at radius 3 is 2.56 bits per heavy atom. The fourth-order valence-electron chi connectivity index (χ4n) is 3.43. The van der Waals surface area contributed by atoms with Crippen LogP contribution in [0.4, 0.5) is 5.69 Å². The van der Waals surface area contributed by atoms with E-state index in [0.717, 1.165) is 11.3 Å². The Morgan fingerprint density at radius 2 is 1.81 bits per heavy atom. The molecule has 0 saturated carbocycles. The SMILES string of the molecule is CN1C(=O)c2ccccc2N(C)C1c1cn(Cc2ccc(C#N)cc2)nn1. The van der Waals surface area contributed by atoms with Crippen molar-refractivity contribution < 1.29 is 4.79 Å². The smallest absolute Gasteiger partial charge is 0.257 e. The number of anilines is 1. The van der Waals surface area contributed by atoms with E-state index >= 15 is 0 Å². The van der Waals surface area contributed by atoms with Gasteiger partial charge in [0.25, 0.3) is 5.91 Å². The summed E-state index contributed by atoms with van der Waals surface area (Å²) in [4.78, 5) is 16.4. The van der Waals surface area contributed by atoms with E-state index in [1.165, 1.54) is 0 Å². The van der Waals surface area contributed by atoms with Gasteiger partial charge < -0.3 is 9.80 Å². The number of aromatic nitrogens is 3. The molecule has 1 amide bonds. The molecule has 1 atom stereocenters. The quantitative estimate of drug-likeness (QED) is 0.718. The molecule has 0 aliphatic carbocycles. The molecule has 0 saturated heterocycles. The number of hydrogen-bond donors (Lipinski definition) is 0. The van der Waals surface area contributed by atoms with Crippen molar-refractivity contribution in [3.8, 4) is 6.07 Å². The molecule has 1 unspecified atom stereocenters. The molecule has 0 radical (unpaired) electrons. The first kappa shape index (κ1) is 16.8. The van der Waals surface area contributed by atoms with E-state index in [4.69, 9.17) is 5.26 Å². The second kappa shape index (κ2) is 6.57. The molecule has 0 fully saturated rings. The molecule has 1 aliphatic heterocycles. The molecule has 7 heteroatoms. The molecule has 1 aromatic heterocycles. The predicted octanol–water partition coefficient (Wildman–Crippen LogP) is 2.42. The molecule has 0 N–H and O–H groups in total. The van der Waals surface area contributed by atoms with Crippen molar-refractivity contribution in [3.05, 3.63) is 77.1 Å². The summed E-state index contributed by atoms with van der Waals surface area (Å²) in [5.74, 6) is -0.0321. The zero-order valence-electron chi connectivity index (χ0n) is 15.1. The van der Waals surface area contributed by atoms with Crippen molar-refractivity contribution in [2.24, 2.45) is 0 Å². The normalized spacial score (nSPS) is 16.2. The summed E-state index contributed by atoms with van der Waals surface area (Å²) in [5.41, 5.74) is 3.92. The molecule has 7 nitrogen and oxygen atoms in total. The average molecular weight is 358 g/mol. The van der Waals surface area contributed by atoms with Gasteiger partial charge in [-0.1, -0.05) is 29.5 Å². The summed E-state index contributed by atoms with van der Waals surface area (Å²) in [5, 5.41) is 17.4. The molecule has 1 aliphatic rings. The standard InChI is InChI=1S/C20H18N6O/c1-24-18-6-4-3-5-16(18)20(27)25(2)19(24)17-13-26(23-22-17)12-15-9-7-14(11-21)8-10-15/h3-10,13,19H,12H2,1-2H3. The first-order valence-corrected chi connectivity index (χ1v) is 8.56. The zero-order chi connectivity index (χ0) is 19.0. The molecule has 2 heterocycles. The number of hydrogen-bond acceptors (Lipinski definition) is 5. The number of benzene rings is 2. The third kappa shape index (κ3) is 2.91. The topological polar surface area (TPSA) is 78.0 Å². The van der Waals surface area contributed by atoms with Gasteiger partial charge in [-0.15, -0.1) is 5.10 Å². The van der Waals surface area contributed by atoms with E-state index in [0.29, 0.717) is 23.4 Å². The number of carbonyl (C=O) groups excluding carboxylic acids is 1. The Hall–Kier alpha value is -3.66. The maximum absolute atomic E-state index is 12.7. The van der Waals surface area contributed by atoms with Gasteiger partial charge in [-0.05, 0) is 29.8 Å². The Kier molecular flexibility index (Phi) is 4.09. The van der Waals surface area contributed by atoms with Crippen LogP contribution < -0.4 is 4.90 Å². The lowest BCUT2D eigenvalue weighted by Gasteiger charge is -2.40. The highest BCUT2D eigenvalue weighted by Crippen LogP contribution is 2.35. The van der Waals surface area contributed by atoms with Gasteiger partial charge in [0.15, 0.2) is 6.17 Å². The van der Waals surface area contributed by atoms with Gasteiger partial charge in [-0.2, -0.15) is 5.26 Å². The second-order valence-corrected chi connectivity index (χ2v) is 6.57. The van der Waals surface area contributed by atoms with E-state index in [1.807, 2.05) is 54.5 Å². The van der Waals surface area contributed by atoms with Crippen LogP contribution in [0.25, 0.3) is 0 Å². The van der Waals surface area contributed by atoms with Crippen LogP contribution in [0.2, 0.25) is 0 Å². The first-order chi connectivity index (χ1) is 13.1. The number of amides is 1. The number of nitrogens with zero attached hydrogens (tertiary/aromatic N) is 6. The number of para-hydroxylation sites is 1. The van der Waals surface area contributed by atoms with E-state index in [2.05, 4.69) is 16.4 Å².